The van der Waals surface area contributed by atoms with Gasteiger partial charge in [-0.15, -0.1) is 0 Å². The zero-order chi connectivity index (χ0) is 38.1. The van der Waals surface area contributed by atoms with Crippen molar-refractivity contribution in [1.29, 1.82) is 0 Å². The molecule has 0 heterocycles. The zero-order valence-corrected chi connectivity index (χ0v) is 32.3. The predicted octanol–water partition coefficient (Wildman–Crippen LogP) is 11.6. The molecule has 6 aromatic rings. The standard InChI is InChI=1S/3C17H13O.Pt/c3*18-17(13-11-15-7-3-1-4-8-15)14-12-16-9-5-2-6-10-16;/h3*1-13H;. The van der Waals surface area contributed by atoms with Crippen molar-refractivity contribution in [3.05, 3.63) is 245 Å². The molecule has 0 aliphatic rings. The number of benzene rings is 6. The predicted molar refractivity (Wildman–Crippen MR) is 225 cm³/mol. The van der Waals surface area contributed by atoms with E-state index in [1.807, 2.05) is 200 Å². The molecule has 0 saturated carbocycles. The van der Waals surface area contributed by atoms with Crippen molar-refractivity contribution >= 4 is 53.8 Å². The molecule has 271 valence electrons. The normalized spacial score (nSPS) is 12.7. The van der Waals surface area contributed by atoms with Crippen LogP contribution in [-0.2, 0) is 31.7 Å². The number of hydrogen-bond donors (Lipinski definition) is 0. The van der Waals surface area contributed by atoms with E-state index in [4.69, 9.17) is 0 Å². The van der Waals surface area contributed by atoms with Crippen molar-refractivity contribution in [2.45, 2.75) is 0 Å². The summed E-state index contributed by atoms with van der Waals surface area (Å²) in [5.74, 6) is -0.803. The number of carbonyl (C=O) groups excluding carboxylic acids is 3. The van der Waals surface area contributed by atoms with Gasteiger partial charge in [0, 0.05) is 0 Å². The van der Waals surface area contributed by atoms with Gasteiger partial charge in [0.1, 0.15) is 0 Å². The third kappa shape index (κ3) is 11.5. The molecule has 0 amide bonds. The molecule has 6 rings (SSSR count). The molecule has 0 aromatic heterocycles. The van der Waals surface area contributed by atoms with Crippen LogP contribution in [0.15, 0.2) is 212 Å². The maximum atomic E-state index is 14.9. The fourth-order valence-corrected chi connectivity index (χ4v) is 11.7. The van der Waals surface area contributed by atoms with E-state index >= 15 is 0 Å². The molecule has 0 bridgehead atoms. The van der Waals surface area contributed by atoms with Crippen molar-refractivity contribution < 1.29 is 31.7 Å². The van der Waals surface area contributed by atoms with Gasteiger partial charge in [0.2, 0.25) is 0 Å². The molecule has 0 aliphatic heterocycles. The van der Waals surface area contributed by atoms with Gasteiger partial charge in [-0.25, -0.2) is 0 Å². The molecule has 0 fully saturated rings. The van der Waals surface area contributed by atoms with Gasteiger partial charge in [-0.05, 0) is 0 Å². The van der Waals surface area contributed by atoms with Crippen molar-refractivity contribution in [3.63, 3.8) is 0 Å². The summed E-state index contributed by atoms with van der Waals surface area (Å²) in [5.41, 5.74) is 4.95. The van der Waals surface area contributed by atoms with Crippen molar-refractivity contribution in [2.75, 3.05) is 0 Å². The Morgan fingerprint density at radius 1 is 0.291 bits per heavy atom. The molecule has 0 spiro atoms. The van der Waals surface area contributed by atoms with Crippen LogP contribution in [0.25, 0.3) is 36.5 Å². The van der Waals surface area contributed by atoms with Crippen LogP contribution in [0.5, 0.6) is 0 Å². The number of carbonyl (C=O) groups is 3. The third-order valence-corrected chi connectivity index (χ3v) is 14.4. The molecule has 0 unspecified atom stereocenters. The summed E-state index contributed by atoms with van der Waals surface area (Å²) in [5, 5.41) is 0. The second-order valence-corrected chi connectivity index (χ2v) is 17.5. The molecule has 55 heavy (non-hydrogen) atoms. The number of rotatable bonds is 15. The van der Waals surface area contributed by atoms with E-state index in [9.17, 15) is 14.4 Å². The fraction of sp³-hybridized carbons (Fsp3) is 0. The van der Waals surface area contributed by atoms with E-state index in [-0.39, 0.29) is 17.3 Å². The topological polar surface area (TPSA) is 51.2 Å². The van der Waals surface area contributed by atoms with Crippen LogP contribution in [0, 0.1) is 0 Å². The average molecular weight is 895 g/mol. The summed E-state index contributed by atoms with van der Waals surface area (Å²) in [7, 11) is 0. The van der Waals surface area contributed by atoms with Gasteiger partial charge in [-0.1, -0.05) is 0 Å². The van der Waals surface area contributed by atoms with Crippen molar-refractivity contribution in [2.24, 2.45) is 0 Å². The van der Waals surface area contributed by atoms with Crippen molar-refractivity contribution in [3.8, 4) is 0 Å². The molecule has 3 nitrogen and oxygen atoms in total. The summed E-state index contributed by atoms with van der Waals surface area (Å²) in [6.07, 6.45) is 15.6. The minimum atomic E-state index is -3.55. The summed E-state index contributed by atoms with van der Waals surface area (Å²) in [6.45, 7) is 0. The average Bonchev–Trinajstić information content (AvgIpc) is 3.25. The Kier molecular flexibility index (Phi) is 13.9. The minimum absolute atomic E-state index is 0.268. The van der Waals surface area contributed by atoms with Crippen LogP contribution in [0.2, 0.25) is 0 Å². The van der Waals surface area contributed by atoms with E-state index in [0.717, 1.165) is 33.4 Å². The molecule has 6 aromatic carbocycles. The molecule has 0 radical (unpaired) electrons. The Morgan fingerprint density at radius 2 is 0.491 bits per heavy atom. The van der Waals surface area contributed by atoms with Gasteiger partial charge >= 0.3 is 331 Å². The summed E-state index contributed by atoms with van der Waals surface area (Å²) in [4.78, 5) is 44.6. The van der Waals surface area contributed by atoms with Gasteiger partial charge in [0.05, 0.1) is 0 Å². The Bertz CT molecular complexity index is 2100. The van der Waals surface area contributed by atoms with Gasteiger partial charge in [0.15, 0.2) is 0 Å². The van der Waals surface area contributed by atoms with Crippen LogP contribution in [0.3, 0.4) is 0 Å². The Hall–Kier alpha value is -6.54. The van der Waals surface area contributed by atoms with E-state index in [2.05, 4.69) is 0 Å². The Morgan fingerprint density at radius 3 is 0.709 bits per heavy atom. The van der Waals surface area contributed by atoms with Gasteiger partial charge < -0.3 is 0 Å². The summed E-state index contributed by atoms with van der Waals surface area (Å²) < 4.78 is 1.28. The van der Waals surface area contributed by atoms with Crippen LogP contribution < -0.4 is 0 Å². The van der Waals surface area contributed by atoms with Crippen LogP contribution in [0.1, 0.15) is 33.4 Å². The molecular weight excluding hydrogens is 856 g/mol. The molecule has 0 saturated heterocycles. The van der Waals surface area contributed by atoms with Gasteiger partial charge in [-0.3, -0.25) is 0 Å². The van der Waals surface area contributed by atoms with Gasteiger partial charge in [0.25, 0.3) is 0 Å². The third-order valence-electron chi connectivity index (χ3n) is 8.10. The molecule has 0 aliphatic carbocycles. The Labute approximate surface area is 329 Å². The SMILES string of the molecule is O=C(C=Cc1ccccc1)[C](=Cc1ccccc1)[Pt]([C](=Cc1ccccc1)C(=O)C=Cc1ccccc1)[C](=Cc1ccccc1)C(=O)C=Cc1ccccc1. The maximum absolute atomic E-state index is 14.9. The zero-order valence-electron chi connectivity index (χ0n) is 30.1. The molecule has 0 atom stereocenters. The number of hydrogen-bond acceptors (Lipinski definition) is 3. The second kappa shape index (κ2) is 20.1. The van der Waals surface area contributed by atoms with E-state index in [1.165, 1.54) is 0 Å². The van der Waals surface area contributed by atoms with Gasteiger partial charge in [-0.2, -0.15) is 0 Å². The van der Waals surface area contributed by atoms with E-state index in [1.54, 1.807) is 36.5 Å². The molecular formula is C51H39O3Pt. The van der Waals surface area contributed by atoms with Crippen LogP contribution in [0.4, 0.5) is 0 Å². The first-order chi connectivity index (χ1) is 27.0. The summed E-state index contributed by atoms with van der Waals surface area (Å²) in [6, 6.07) is 57.6. The quantitative estimate of drug-likeness (QED) is 0.0965. The van der Waals surface area contributed by atoms with Crippen LogP contribution in [-0.4, -0.2) is 17.3 Å². The first-order valence-electron chi connectivity index (χ1n) is 17.8. The van der Waals surface area contributed by atoms with Crippen LogP contribution >= 0.6 is 0 Å². The molecule has 0 N–H and O–H groups in total. The first kappa shape index (κ1) is 38.2. The monoisotopic (exact) mass is 894 g/mol. The summed E-state index contributed by atoms with van der Waals surface area (Å²) >= 11 is -3.55. The second-order valence-electron chi connectivity index (χ2n) is 12.2. The molecule has 4 heteroatoms. The number of ketones is 3. The fourth-order valence-electron chi connectivity index (χ4n) is 5.35. The van der Waals surface area contributed by atoms with Crippen molar-refractivity contribution in [1.82, 2.24) is 0 Å². The van der Waals surface area contributed by atoms with E-state index in [0.29, 0.717) is 11.9 Å². The Balaban J connectivity index is 1.63. The first-order valence-corrected chi connectivity index (χ1v) is 21.2. The van der Waals surface area contributed by atoms with E-state index < -0.39 is 17.3 Å². The number of allylic oxidation sites excluding steroid dienone is 6.